The molecule has 1 aromatic heterocycles. The molecular formula is C16H11F2N3O2. The van der Waals surface area contributed by atoms with E-state index >= 15 is 0 Å². The van der Waals surface area contributed by atoms with Crippen LogP contribution in [0.1, 0.15) is 11.5 Å². The van der Waals surface area contributed by atoms with Crippen LogP contribution in [0.5, 0.6) is 0 Å². The zero-order valence-corrected chi connectivity index (χ0v) is 11.8. The molecular weight excluding hydrogens is 304 g/mol. The number of halogens is 2. The molecule has 0 aliphatic carbocycles. The first-order valence-electron chi connectivity index (χ1n) is 6.70. The first-order chi connectivity index (χ1) is 11.2. The summed E-state index contributed by atoms with van der Waals surface area (Å²) < 4.78 is 31.2. The van der Waals surface area contributed by atoms with Crippen molar-refractivity contribution in [3.8, 4) is 11.5 Å². The van der Waals surface area contributed by atoms with Crippen LogP contribution in [0.25, 0.3) is 11.5 Å². The maximum atomic E-state index is 13.0. The number of benzene rings is 2. The molecule has 2 aromatic carbocycles. The lowest BCUT2D eigenvalue weighted by Gasteiger charge is -1.95. The lowest BCUT2D eigenvalue weighted by atomic mass is 10.2. The van der Waals surface area contributed by atoms with Crippen LogP contribution in [0.2, 0.25) is 0 Å². The lowest BCUT2D eigenvalue weighted by Crippen LogP contribution is -1.89. The molecule has 0 aliphatic heterocycles. The molecule has 0 N–H and O–H groups in total. The normalized spacial score (nSPS) is 11.0. The Balaban J connectivity index is 1.58. The van der Waals surface area contributed by atoms with E-state index in [0.29, 0.717) is 11.1 Å². The maximum Gasteiger partial charge on any atom is 0.257 e. The van der Waals surface area contributed by atoms with Crippen LogP contribution in [-0.2, 0) is 11.4 Å². The second-order valence-corrected chi connectivity index (χ2v) is 4.57. The summed E-state index contributed by atoms with van der Waals surface area (Å²) in [6.45, 7) is -0.0278. The molecule has 0 aliphatic rings. The van der Waals surface area contributed by atoms with Crippen molar-refractivity contribution >= 4 is 6.21 Å². The molecule has 0 saturated heterocycles. The Hall–Kier alpha value is -3.09. The van der Waals surface area contributed by atoms with E-state index < -0.39 is 0 Å². The fourth-order valence-electron chi connectivity index (χ4n) is 1.80. The first-order valence-corrected chi connectivity index (χ1v) is 6.70. The number of aromatic nitrogens is 2. The fourth-order valence-corrected chi connectivity index (χ4v) is 1.80. The minimum absolute atomic E-state index is 0.0278. The zero-order chi connectivity index (χ0) is 16.1. The molecule has 7 heteroatoms. The molecule has 23 heavy (non-hydrogen) atoms. The molecule has 0 radical (unpaired) electrons. The van der Waals surface area contributed by atoms with Gasteiger partial charge in [0.2, 0.25) is 5.89 Å². The standard InChI is InChI=1S/C16H11F2N3O2/c17-13-6-4-12(5-7-13)16-21-20-15(23-16)10-22-19-9-11-2-1-3-14(18)8-11/h1-9H,10H2/b19-9-. The van der Waals surface area contributed by atoms with Crippen LogP contribution in [0.4, 0.5) is 8.78 Å². The van der Waals surface area contributed by atoms with Gasteiger partial charge in [0.1, 0.15) is 11.6 Å². The summed E-state index contributed by atoms with van der Waals surface area (Å²) in [4.78, 5) is 5.02. The third kappa shape index (κ3) is 3.97. The number of rotatable bonds is 5. The fraction of sp³-hybridized carbons (Fsp3) is 0.0625. The van der Waals surface area contributed by atoms with Crippen molar-refractivity contribution in [3.05, 3.63) is 71.6 Å². The van der Waals surface area contributed by atoms with Crippen LogP contribution < -0.4 is 0 Å². The predicted molar refractivity (Wildman–Crippen MR) is 78.5 cm³/mol. The van der Waals surface area contributed by atoms with E-state index in [1.54, 1.807) is 12.1 Å². The molecule has 0 spiro atoms. The summed E-state index contributed by atoms with van der Waals surface area (Å²) >= 11 is 0. The Morgan fingerprint density at radius 3 is 2.65 bits per heavy atom. The number of nitrogens with zero attached hydrogens (tertiary/aromatic N) is 3. The Labute approximate surface area is 130 Å². The van der Waals surface area contributed by atoms with E-state index in [-0.39, 0.29) is 30.0 Å². The van der Waals surface area contributed by atoms with Gasteiger partial charge in [-0.3, -0.25) is 0 Å². The van der Waals surface area contributed by atoms with Gasteiger partial charge in [-0.1, -0.05) is 17.3 Å². The van der Waals surface area contributed by atoms with Gasteiger partial charge in [-0.25, -0.2) is 8.78 Å². The molecule has 0 fully saturated rings. The molecule has 3 aromatic rings. The van der Waals surface area contributed by atoms with Crippen LogP contribution in [0.3, 0.4) is 0 Å². The Morgan fingerprint density at radius 2 is 1.87 bits per heavy atom. The van der Waals surface area contributed by atoms with Crippen molar-refractivity contribution in [2.75, 3.05) is 0 Å². The van der Waals surface area contributed by atoms with Gasteiger partial charge in [0, 0.05) is 5.56 Å². The zero-order valence-electron chi connectivity index (χ0n) is 11.8. The SMILES string of the molecule is Fc1ccc(-c2nnc(CO/N=C\c3cccc(F)c3)o2)cc1. The van der Waals surface area contributed by atoms with Gasteiger partial charge in [-0.15, -0.1) is 10.2 Å². The van der Waals surface area contributed by atoms with Crippen molar-refractivity contribution in [1.82, 2.24) is 10.2 Å². The van der Waals surface area contributed by atoms with Crippen molar-refractivity contribution in [2.24, 2.45) is 5.16 Å². The molecule has 0 atom stereocenters. The summed E-state index contributed by atoms with van der Waals surface area (Å²) in [5.74, 6) is -0.211. The van der Waals surface area contributed by atoms with E-state index in [2.05, 4.69) is 15.4 Å². The molecule has 116 valence electrons. The van der Waals surface area contributed by atoms with Crippen molar-refractivity contribution in [1.29, 1.82) is 0 Å². The second kappa shape index (κ2) is 6.78. The quantitative estimate of drug-likeness (QED) is 0.533. The van der Waals surface area contributed by atoms with Gasteiger partial charge in [0.25, 0.3) is 5.89 Å². The number of oxime groups is 1. The van der Waals surface area contributed by atoms with E-state index in [0.717, 1.165) is 0 Å². The second-order valence-electron chi connectivity index (χ2n) is 4.57. The predicted octanol–water partition coefficient (Wildman–Crippen LogP) is 3.57. The lowest BCUT2D eigenvalue weighted by molar-refractivity contribution is 0.112. The van der Waals surface area contributed by atoms with Gasteiger partial charge in [-0.2, -0.15) is 0 Å². The van der Waals surface area contributed by atoms with E-state index in [1.807, 2.05) is 0 Å². The highest BCUT2D eigenvalue weighted by Crippen LogP contribution is 2.18. The van der Waals surface area contributed by atoms with Gasteiger partial charge in [-0.05, 0) is 42.0 Å². The topological polar surface area (TPSA) is 60.5 Å². The summed E-state index contributed by atoms with van der Waals surface area (Å²) in [5, 5.41) is 11.4. The van der Waals surface area contributed by atoms with Crippen LogP contribution in [0, 0.1) is 11.6 Å². The highest BCUT2D eigenvalue weighted by molar-refractivity contribution is 5.78. The highest BCUT2D eigenvalue weighted by atomic mass is 19.1. The van der Waals surface area contributed by atoms with Gasteiger partial charge in [0.15, 0.2) is 6.61 Å². The number of hydrogen-bond donors (Lipinski definition) is 0. The summed E-state index contributed by atoms with van der Waals surface area (Å²) in [5.41, 5.74) is 1.18. The van der Waals surface area contributed by atoms with Crippen LogP contribution >= 0.6 is 0 Å². The van der Waals surface area contributed by atoms with E-state index in [4.69, 9.17) is 9.25 Å². The average Bonchev–Trinajstić information content (AvgIpc) is 3.01. The maximum absolute atomic E-state index is 13.0. The number of hydrogen-bond acceptors (Lipinski definition) is 5. The molecule has 0 unspecified atom stereocenters. The minimum atomic E-state index is -0.352. The van der Waals surface area contributed by atoms with E-state index in [1.165, 1.54) is 42.6 Å². The molecule has 1 heterocycles. The van der Waals surface area contributed by atoms with Crippen LogP contribution in [0.15, 0.2) is 58.1 Å². The largest absolute Gasteiger partial charge is 0.417 e. The summed E-state index contributed by atoms with van der Waals surface area (Å²) in [7, 11) is 0. The average molecular weight is 315 g/mol. The molecule has 5 nitrogen and oxygen atoms in total. The van der Waals surface area contributed by atoms with Crippen LogP contribution in [-0.4, -0.2) is 16.4 Å². The van der Waals surface area contributed by atoms with Crippen molar-refractivity contribution < 1.29 is 18.0 Å². The molecule has 0 saturated carbocycles. The third-order valence-electron chi connectivity index (χ3n) is 2.87. The van der Waals surface area contributed by atoms with Gasteiger partial charge < -0.3 is 9.25 Å². The molecule has 0 amide bonds. The van der Waals surface area contributed by atoms with Gasteiger partial charge >= 0.3 is 0 Å². The monoisotopic (exact) mass is 315 g/mol. The first kappa shape index (κ1) is 14.8. The molecule has 3 rings (SSSR count). The van der Waals surface area contributed by atoms with E-state index in [9.17, 15) is 8.78 Å². The van der Waals surface area contributed by atoms with Crippen molar-refractivity contribution in [3.63, 3.8) is 0 Å². The Morgan fingerprint density at radius 1 is 1.04 bits per heavy atom. The Kier molecular flexibility index (Phi) is 4.37. The minimum Gasteiger partial charge on any atom is -0.417 e. The smallest absolute Gasteiger partial charge is 0.257 e. The van der Waals surface area contributed by atoms with Gasteiger partial charge in [0.05, 0.1) is 6.21 Å². The highest BCUT2D eigenvalue weighted by Gasteiger charge is 2.08. The van der Waals surface area contributed by atoms with Crippen molar-refractivity contribution in [2.45, 2.75) is 6.61 Å². The third-order valence-corrected chi connectivity index (χ3v) is 2.87. The summed E-state index contributed by atoms with van der Waals surface area (Å²) in [6, 6.07) is 11.6. The molecule has 0 bridgehead atoms. The summed E-state index contributed by atoms with van der Waals surface area (Å²) in [6.07, 6.45) is 1.38. The Bertz CT molecular complexity index is 816.